The normalized spacial score (nSPS) is 12.4. The van der Waals surface area contributed by atoms with Crippen LogP contribution in [0.1, 0.15) is 29.7 Å². The molecule has 0 fully saturated rings. The molecule has 0 N–H and O–H groups in total. The van der Waals surface area contributed by atoms with Crippen LogP contribution in [0, 0.1) is 6.92 Å². The van der Waals surface area contributed by atoms with Crippen LogP contribution in [0.3, 0.4) is 0 Å². The predicted molar refractivity (Wildman–Crippen MR) is 63.7 cm³/mol. The molecule has 1 heterocycles. The molecule has 0 spiro atoms. The molecule has 2 heteroatoms. The Morgan fingerprint density at radius 2 is 1.81 bits per heavy atom. The molecule has 0 saturated heterocycles. The minimum absolute atomic E-state index is 0.105. The van der Waals surface area contributed by atoms with E-state index in [4.69, 9.17) is 4.42 Å². The van der Waals surface area contributed by atoms with Crippen LogP contribution in [0.4, 0.5) is 0 Å². The third-order valence-corrected chi connectivity index (χ3v) is 2.66. The average molecular weight is 214 g/mol. The Morgan fingerprint density at radius 3 is 2.44 bits per heavy atom. The topological polar surface area (TPSA) is 30.2 Å². The SMILES string of the molecule is Cc1cc(C(C)c2ccccc2)oc(=O)c1. The molecule has 0 saturated carbocycles. The van der Waals surface area contributed by atoms with Gasteiger partial charge in [-0.1, -0.05) is 37.3 Å². The summed E-state index contributed by atoms with van der Waals surface area (Å²) < 4.78 is 5.22. The fraction of sp³-hybridized carbons (Fsp3) is 0.214. The molecule has 2 aromatic rings. The molecule has 16 heavy (non-hydrogen) atoms. The molecule has 2 rings (SSSR count). The van der Waals surface area contributed by atoms with Crippen molar-refractivity contribution in [3.63, 3.8) is 0 Å². The van der Waals surface area contributed by atoms with E-state index in [-0.39, 0.29) is 11.5 Å². The Morgan fingerprint density at radius 1 is 1.12 bits per heavy atom. The highest BCUT2D eigenvalue weighted by atomic mass is 16.4. The highest BCUT2D eigenvalue weighted by Crippen LogP contribution is 2.23. The van der Waals surface area contributed by atoms with Crippen molar-refractivity contribution in [3.8, 4) is 0 Å². The first kappa shape index (κ1) is 10.7. The van der Waals surface area contributed by atoms with Crippen LogP contribution in [-0.2, 0) is 0 Å². The average Bonchev–Trinajstić information content (AvgIpc) is 2.28. The van der Waals surface area contributed by atoms with E-state index in [1.807, 2.05) is 50.2 Å². The van der Waals surface area contributed by atoms with Gasteiger partial charge in [0.05, 0.1) is 0 Å². The van der Waals surface area contributed by atoms with Gasteiger partial charge in [0, 0.05) is 12.0 Å². The summed E-state index contributed by atoms with van der Waals surface area (Å²) in [6.45, 7) is 3.94. The number of rotatable bonds is 2. The summed E-state index contributed by atoms with van der Waals surface area (Å²) in [5.41, 5.74) is 1.81. The van der Waals surface area contributed by atoms with Crippen LogP contribution in [0.15, 0.2) is 51.7 Å². The van der Waals surface area contributed by atoms with Crippen LogP contribution < -0.4 is 5.63 Å². The second kappa shape index (κ2) is 4.35. The Kier molecular flexibility index (Phi) is 2.91. The van der Waals surface area contributed by atoms with Crippen molar-refractivity contribution in [2.45, 2.75) is 19.8 Å². The molecular formula is C14H14O2. The van der Waals surface area contributed by atoms with Gasteiger partial charge in [0.2, 0.25) is 0 Å². The number of benzene rings is 1. The quantitative estimate of drug-likeness (QED) is 0.769. The zero-order chi connectivity index (χ0) is 11.5. The summed E-state index contributed by atoms with van der Waals surface area (Å²) in [5.74, 6) is 0.824. The van der Waals surface area contributed by atoms with Gasteiger partial charge in [0.15, 0.2) is 0 Å². The summed E-state index contributed by atoms with van der Waals surface area (Å²) in [5, 5.41) is 0. The van der Waals surface area contributed by atoms with Crippen molar-refractivity contribution in [1.29, 1.82) is 0 Å². The van der Waals surface area contributed by atoms with Gasteiger partial charge >= 0.3 is 5.63 Å². The largest absolute Gasteiger partial charge is 0.427 e. The smallest absolute Gasteiger partial charge is 0.336 e. The monoisotopic (exact) mass is 214 g/mol. The molecule has 0 radical (unpaired) electrons. The molecule has 2 nitrogen and oxygen atoms in total. The van der Waals surface area contributed by atoms with E-state index in [1.54, 1.807) is 0 Å². The lowest BCUT2D eigenvalue weighted by molar-refractivity contribution is 0.446. The van der Waals surface area contributed by atoms with E-state index in [0.717, 1.165) is 16.9 Å². The second-order valence-corrected chi connectivity index (χ2v) is 3.99. The minimum Gasteiger partial charge on any atom is -0.427 e. The Labute approximate surface area is 94.5 Å². The fourth-order valence-corrected chi connectivity index (χ4v) is 1.75. The molecule has 0 aliphatic heterocycles. The van der Waals surface area contributed by atoms with Crippen molar-refractivity contribution in [2.24, 2.45) is 0 Å². The summed E-state index contributed by atoms with van der Waals surface area (Å²) in [6, 6.07) is 13.4. The molecule has 0 aliphatic rings. The van der Waals surface area contributed by atoms with Crippen LogP contribution in [0.5, 0.6) is 0 Å². The molecule has 1 atom stereocenters. The summed E-state index contributed by atoms with van der Waals surface area (Å²) >= 11 is 0. The molecular weight excluding hydrogens is 200 g/mol. The lowest BCUT2D eigenvalue weighted by Gasteiger charge is -2.10. The van der Waals surface area contributed by atoms with E-state index >= 15 is 0 Å². The zero-order valence-electron chi connectivity index (χ0n) is 9.44. The molecule has 1 aromatic heterocycles. The lowest BCUT2D eigenvalue weighted by atomic mass is 9.98. The van der Waals surface area contributed by atoms with Crippen molar-refractivity contribution >= 4 is 0 Å². The Bertz CT molecular complexity index is 526. The van der Waals surface area contributed by atoms with Crippen molar-refractivity contribution < 1.29 is 4.42 Å². The van der Waals surface area contributed by atoms with Gasteiger partial charge in [0.1, 0.15) is 5.76 Å². The molecule has 0 bridgehead atoms. The van der Waals surface area contributed by atoms with Gasteiger partial charge in [-0.15, -0.1) is 0 Å². The van der Waals surface area contributed by atoms with Crippen molar-refractivity contribution in [1.82, 2.24) is 0 Å². The van der Waals surface area contributed by atoms with Gasteiger partial charge in [-0.25, -0.2) is 4.79 Å². The van der Waals surface area contributed by atoms with E-state index in [2.05, 4.69) is 0 Å². The summed E-state index contributed by atoms with van der Waals surface area (Å²) in [4.78, 5) is 11.3. The number of aryl methyl sites for hydroxylation is 1. The van der Waals surface area contributed by atoms with Gasteiger partial charge in [-0.2, -0.15) is 0 Å². The predicted octanol–water partition coefficient (Wildman–Crippen LogP) is 3.10. The Balaban J connectivity index is 2.41. The highest BCUT2D eigenvalue weighted by molar-refractivity contribution is 5.27. The molecule has 82 valence electrons. The lowest BCUT2D eigenvalue weighted by Crippen LogP contribution is -2.04. The van der Waals surface area contributed by atoms with Crippen molar-refractivity contribution in [2.75, 3.05) is 0 Å². The Hall–Kier alpha value is -1.83. The first-order valence-corrected chi connectivity index (χ1v) is 5.33. The third-order valence-electron chi connectivity index (χ3n) is 2.66. The molecule has 1 aromatic carbocycles. The molecule has 0 aliphatic carbocycles. The zero-order valence-corrected chi connectivity index (χ0v) is 9.44. The second-order valence-electron chi connectivity index (χ2n) is 3.99. The summed E-state index contributed by atoms with van der Waals surface area (Å²) in [7, 11) is 0. The number of hydrogen-bond donors (Lipinski definition) is 0. The highest BCUT2D eigenvalue weighted by Gasteiger charge is 2.11. The van der Waals surface area contributed by atoms with Gasteiger partial charge in [0.25, 0.3) is 0 Å². The minimum atomic E-state index is -0.280. The number of hydrogen-bond acceptors (Lipinski definition) is 2. The van der Waals surface area contributed by atoms with Crippen LogP contribution in [0.25, 0.3) is 0 Å². The van der Waals surface area contributed by atoms with E-state index in [1.165, 1.54) is 6.07 Å². The van der Waals surface area contributed by atoms with Crippen LogP contribution >= 0.6 is 0 Å². The van der Waals surface area contributed by atoms with Crippen molar-refractivity contribution in [3.05, 3.63) is 69.8 Å². The van der Waals surface area contributed by atoms with E-state index in [0.29, 0.717) is 0 Å². The first-order valence-electron chi connectivity index (χ1n) is 5.33. The maximum atomic E-state index is 11.3. The first-order chi connectivity index (χ1) is 7.66. The maximum absolute atomic E-state index is 11.3. The van der Waals surface area contributed by atoms with Gasteiger partial charge in [-0.3, -0.25) is 0 Å². The van der Waals surface area contributed by atoms with Gasteiger partial charge in [-0.05, 0) is 24.1 Å². The van der Waals surface area contributed by atoms with E-state index < -0.39 is 0 Å². The van der Waals surface area contributed by atoms with Crippen LogP contribution in [0.2, 0.25) is 0 Å². The maximum Gasteiger partial charge on any atom is 0.336 e. The fourth-order valence-electron chi connectivity index (χ4n) is 1.75. The van der Waals surface area contributed by atoms with E-state index in [9.17, 15) is 4.79 Å². The van der Waals surface area contributed by atoms with Crippen LogP contribution in [-0.4, -0.2) is 0 Å². The summed E-state index contributed by atoms with van der Waals surface area (Å²) in [6.07, 6.45) is 0. The standard InChI is InChI=1S/C14H14O2/c1-10-8-13(16-14(15)9-10)11(2)12-6-4-3-5-7-12/h3-9,11H,1-2H3. The van der Waals surface area contributed by atoms with Gasteiger partial charge < -0.3 is 4.42 Å². The molecule has 0 amide bonds. The third kappa shape index (κ3) is 2.22. The molecule has 1 unspecified atom stereocenters.